The summed E-state index contributed by atoms with van der Waals surface area (Å²) in [5.74, 6) is 0. The highest BCUT2D eigenvalue weighted by Crippen LogP contribution is 2.34. The van der Waals surface area contributed by atoms with Crippen LogP contribution in [0.2, 0.25) is 0 Å². The SMILES string of the molecule is O=S(=O)(c1ccccc1)n1cc(CC[C@@H]2O[C@H](CO)[C@@H](OCc3ccccc3)[C@H](OCc3ccccc3)[C@H]2OCc2ccccc2)c2ccccc21. The number of aromatic nitrogens is 1. The lowest BCUT2D eigenvalue weighted by Gasteiger charge is -2.46. The Kier molecular flexibility index (Phi) is 11.6. The van der Waals surface area contributed by atoms with Crippen LogP contribution in [-0.2, 0) is 55.2 Å². The van der Waals surface area contributed by atoms with Gasteiger partial charge in [-0.2, -0.15) is 0 Å². The van der Waals surface area contributed by atoms with E-state index in [1.165, 1.54) is 3.97 Å². The summed E-state index contributed by atoms with van der Waals surface area (Å²) in [6.45, 7) is 0.668. The van der Waals surface area contributed by atoms with Crippen LogP contribution in [0.4, 0.5) is 0 Å². The Labute approximate surface area is 305 Å². The number of hydrogen-bond acceptors (Lipinski definition) is 7. The Balaban J connectivity index is 1.21. The lowest BCUT2D eigenvalue weighted by atomic mass is 9.91. The Morgan fingerprint density at radius 2 is 1.04 bits per heavy atom. The van der Waals surface area contributed by atoms with Gasteiger partial charge in [-0.1, -0.05) is 127 Å². The fourth-order valence-electron chi connectivity index (χ4n) is 6.88. The second-order valence-electron chi connectivity index (χ2n) is 13.0. The molecule has 0 bridgehead atoms. The molecule has 7 rings (SSSR count). The largest absolute Gasteiger partial charge is 0.394 e. The molecule has 1 N–H and O–H groups in total. The van der Waals surface area contributed by atoms with Crippen molar-refractivity contribution in [2.75, 3.05) is 6.61 Å². The zero-order valence-electron chi connectivity index (χ0n) is 28.8. The summed E-state index contributed by atoms with van der Waals surface area (Å²) in [4.78, 5) is 0.220. The summed E-state index contributed by atoms with van der Waals surface area (Å²) in [6, 6.07) is 45.8. The minimum atomic E-state index is -3.84. The number of para-hydroxylation sites is 1. The molecule has 0 saturated carbocycles. The van der Waals surface area contributed by atoms with Crippen LogP contribution in [0.25, 0.3) is 10.9 Å². The van der Waals surface area contributed by atoms with E-state index in [-0.39, 0.29) is 11.5 Å². The van der Waals surface area contributed by atoms with Gasteiger partial charge in [-0.25, -0.2) is 12.4 Å². The average molecular weight is 718 g/mol. The van der Waals surface area contributed by atoms with Crippen LogP contribution in [0.3, 0.4) is 0 Å². The van der Waals surface area contributed by atoms with Gasteiger partial charge in [-0.05, 0) is 53.3 Å². The van der Waals surface area contributed by atoms with Crippen molar-refractivity contribution < 1.29 is 32.5 Å². The number of benzene rings is 5. The van der Waals surface area contributed by atoms with Crippen molar-refractivity contribution in [3.05, 3.63) is 174 Å². The molecule has 1 aliphatic heterocycles. The van der Waals surface area contributed by atoms with Gasteiger partial charge in [0.15, 0.2) is 0 Å². The fraction of sp³-hybridized carbons (Fsp3) is 0.256. The first kappa shape index (κ1) is 35.8. The highest BCUT2D eigenvalue weighted by molar-refractivity contribution is 7.90. The third-order valence-corrected chi connectivity index (χ3v) is 11.2. The smallest absolute Gasteiger partial charge is 0.268 e. The van der Waals surface area contributed by atoms with Gasteiger partial charge in [0.1, 0.15) is 24.4 Å². The van der Waals surface area contributed by atoms with Crippen LogP contribution >= 0.6 is 0 Å². The zero-order chi connectivity index (χ0) is 35.8. The first-order valence-electron chi connectivity index (χ1n) is 17.6. The van der Waals surface area contributed by atoms with Crippen LogP contribution in [0, 0.1) is 0 Å². The Hall–Kier alpha value is -4.61. The molecule has 1 aliphatic rings. The molecule has 9 heteroatoms. The summed E-state index contributed by atoms with van der Waals surface area (Å²) in [7, 11) is -3.84. The van der Waals surface area contributed by atoms with E-state index in [0.717, 1.165) is 27.6 Å². The summed E-state index contributed by atoms with van der Waals surface area (Å²) < 4.78 is 55.7. The van der Waals surface area contributed by atoms with E-state index >= 15 is 0 Å². The van der Waals surface area contributed by atoms with E-state index in [4.69, 9.17) is 18.9 Å². The van der Waals surface area contributed by atoms with Crippen molar-refractivity contribution in [3.8, 4) is 0 Å². The highest BCUT2D eigenvalue weighted by Gasteiger charge is 2.48. The maximum atomic E-state index is 13.8. The van der Waals surface area contributed by atoms with Gasteiger partial charge in [0.05, 0.1) is 42.9 Å². The molecule has 1 aromatic heterocycles. The lowest BCUT2D eigenvalue weighted by Crippen LogP contribution is -2.61. The third-order valence-electron chi connectivity index (χ3n) is 9.52. The van der Waals surface area contributed by atoms with Gasteiger partial charge in [0.2, 0.25) is 0 Å². The molecule has 8 nitrogen and oxygen atoms in total. The number of aryl methyl sites for hydroxylation is 1. The quantitative estimate of drug-likeness (QED) is 0.119. The molecular formula is C43H43NO7S. The second-order valence-corrected chi connectivity index (χ2v) is 14.8. The number of aliphatic hydroxyl groups excluding tert-OH is 1. The second kappa shape index (κ2) is 16.8. The van der Waals surface area contributed by atoms with Gasteiger partial charge in [-0.3, -0.25) is 0 Å². The summed E-state index contributed by atoms with van der Waals surface area (Å²) >= 11 is 0. The van der Waals surface area contributed by atoms with Crippen LogP contribution in [0.15, 0.2) is 157 Å². The molecule has 1 saturated heterocycles. The normalized spacial score (nSPS) is 20.6. The molecule has 1 fully saturated rings. The number of fused-ring (bicyclic) bond motifs is 1. The molecule has 5 atom stereocenters. The van der Waals surface area contributed by atoms with E-state index in [0.29, 0.717) is 38.2 Å². The maximum Gasteiger partial charge on any atom is 0.268 e. The summed E-state index contributed by atoms with van der Waals surface area (Å²) in [6.07, 6.45) is -0.314. The predicted molar refractivity (Wildman–Crippen MR) is 200 cm³/mol. The monoisotopic (exact) mass is 717 g/mol. The number of hydrogen-bond donors (Lipinski definition) is 1. The average Bonchev–Trinajstić information content (AvgIpc) is 3.58. The molecule has 52 heavy (non-hydrogen) atoms. The molecule has 268 valence electrons. The minimum absolute atomic E-state index is 0.220. The third kappa shape index (κ3) is 8.21. The van der Waals surface area contributed by atoms with Gasteiger partial charge < -0.3 is 24.1 Å². The topological polar surface area (TPSA) is 96.2 Å². The van der Waals surface area contributed by atoms with Crippen molar-refractivity contribution in [1.29, 1.82) is 0 Å². The molecule has 0 unspecified atom stereocenters. The lowest BCUT2D eigenvalue weighted by molar-refractivity contribution is -0.270. The Morgan fingerprint density at radius 3 is 1.58 bits per heavy atom. The first-order chi connectivity index (χ1) is 25.5. The molecular weight excluding hydrogens is 675 g/mol. The van der Waals surface area contributed by atoms with Gasteiger partial charge in [0, 0.05) is 11.6 Å². The number of rotatable bonds is 15. The predicted octanol–water partition coefficient (Wildman–Crippen LogP) is 7.33. The number of nitrogens with zero attached hydrogens (tertiary/aromatic N) is 1. The van der Waals surface area contributed by atoms with E-state index in [1.807, 2.05) is 115 Å². The molecule has 0 radical (unpaired) electrons. The van der Waals surface area contributed by atoms with Crippen molar-refractivity contribution >= 4 is 20.9 Å². The summed E-state index contributed by atoms with van der Waals surface area (Å²) in [5, 5.41) is 11.6. The van der Waals surface area contributed by atoms with Gasteiger partial charge in [-0.15, -0.1) is 0 Å². The maximum absolute atomic E-state index is 13.8. The van der Waals surface area contributed by atoms with E-state index in [9.17, 15) is 13.5 Å². The minimum Gasteiger partial charge on any atom is -0.394 e. The highest BCUT2D eigenvalue weighted by atomic mass is 32.2. The van der Waals surface area contributed by atoms with Crippen LogP contribution in [-0.4, -0.2) is 54.6 Å². The van der Waals surface area contributed by atoms with Crippen molar-refractivity contribution in [3.63, 3.8) is 0 Å². The molecule has 2 heterocycles. The number of aliphatic hydroxyl groups is 1. The molecule has 0 spiro atoms. The fourth-order valence-corrected chi connectivity index (χ4v) is 8.29. The zero-order valence-corrected chi connectivity index (χ0v) is 29.6. The summed E-state index contributed by atoms with van der Waals surface area (Å²) in [5.41, 5.74) is 4.47. The van der Waals surface area contributed by atoms with Crippen molar-refractivity contribution in [2.45, 2.75) is 68.1 Å². The van der Waals surface area contributed by atoms with E-state index in [2.05, 4.69) is 0 Å². The van der Waals surface area contributed by atoms with E-state index < -0.39 is 40.5 Å². The molecule has 0 amide bonds. The van der Waals surface area contributed by atoms with Crippen LogP contribution in [0.1, 0.15) is 28.7 Å². The van der Waals surface area contributed by atoms with Crippen molar-refractivity contribution in [2.24, 2.45) is 0 Å². The molecule has 6 aromatic rings. The van der Waals surface area contributed by atoms with E-state index in [1.54, 1.807) is 36.5 Å². The van der Waals surface area contributed by atoms with Crippen LogP contribution < -0.4 is 0 Å². The Bertz CT molecular complexity index is 2110. The van der Waals surface area contributed by atoms with Crippen LogP contribution in [0.5, 0.6) is 0 Å². The number of ether oxygens (including phenoxy) is 4. The van der Waals surface area contributed by atoms with Gasteiger partial charge in [0.25, 0.3) is 10.0 Å². The Morgan fingerprint density at radius 1 is 0.577 bits per heavy atom. The van der Waals surface area contributed by atoms with Gasteiger partial charge >= 0.3 is 0 Å². The standard InChI is InChI=1S/C43H43NO7S/c45-28-40-42(49-30-33-17-7-2-8-18-33)43(50-31-34-19-9-3-10-20-34)41(48-29-32-15-5-1-6-16-32)39(51-40)26-25-35-27-44(38-24-14-13-23-37(35)38)52(46,47)36-21-11-4-12-22-36/h1-24,27,39-43,45H,25-26,28-31H2/t39-,40+,41-,42+,43+/m0/s1. The molecule has 0 aliphatic carbocycles. The van der Waals surface area contributed by atoms with Crippen molar-refractivity contribution in [1.82, 2.24) is 3.97 Å². The molecule has 5 aromatic carbocycles. The first-order valence-corrected chi connectivity index (χ1v) is 19.1.